The molecule has 1 aromatic heterocycles. The highest BCUT2D eigenvalue weighted by Gasteiger charge is 2.26. The first kappa shape index (κ1) is 12.4. The number of hydrogen-bond acceptors (Lipinski definition) is 3. The van der Waals surface area contributed by atoms with Crippen LogP contribution in [0.2, 0.25) is 0 Å². The lowest BCUT2D eigenvalue weighted by Crippen LogP contribution is -2.31. The molecule has 4 heteroatoms. The van der Waals surface area contributed by atoms with Crippen molar-refractivity contribution >= 4 is 10.9 Å². The average molecular weight is 257 g/mol. The molecule has 0 spiro atoms. The molecule has 0 radical (unpaired) electrons. The van der Waals surface area contributed by atoms with E-state index in [0.717, 1.165) is 23.7 Å². The Kier molecular flexibility index (Phi) is 3.34. The summed E-state index contributed by atoms with van der Waals surface area (Å²) in [6, 6.07) is 8.03. The Hall–Kier alpha value is -1.68. The fraction of sp³-hybridized carbons (Fsp3) is 0.467. The minimum atomic E-state index is -0.00745. The molecule has 1 aliphatic rings. The summed E-state index contributed by atoms with van der Waals surface area (Å²) in [6.45, 7) is 0.687. The topological polar surface area (TPSA) is 60.9 Å². The summed E-state index contributed by atoms with van der Waals surface area (Å²) in [5, 5.41) is 5.13. The van der Waals surface area contributed by atoms with Crippen LogP contribution >= 0.6 is 0 Å². The lowest BCUT2D eigenvalue weighted by molar-refractivity contribution is 0.232. The van der Waals surface area contributed by atoms with Crippen LogP contribution in [0.15, 0.2) is 35.3 Å². The summed E-state index contributed by atoms with van der Waals surface area (Å²) in [5.41, 5.74) is 6.83. The second-order valence-electron chi connectivity index (χ2n) is 5.32. The van der Waals surface area contributed by atoms with Gasteiger partial charge in [0.1, 0.15) is 0 Å². The largest absolute Gasteiger partial charge is 0.330 e. The molecule has 1 aliphatic carbocycles. The van der Waals surface area contributed by atoms with E-state index >= 15 is 0 Å². The summed E-state index contributed by atoms with van der Waals surface area (Å²) >= 11 is 0. The zero-order chi connectivity index (χ0) is 13.2. The predicted molar refractivity (Wildman–Crippen MR) is 76.1 cm³/mol. The predicted octanol–water partition coefficient (Wildman–Crippen LogP) is 2.09. The zero-order valence-corrected chi connectivity index (χ0v) is 11.0. The van der Waals surface area contributed by atoms with Gasteiger partial charge in [-0.1, -0.05) is 25.0 Å². The van der Waals surface area contributed by atoms with E-state index in [2.05, 4.69) is 5.10 Å². The molecule has 0 amide bonds. The van der Waals surface area contributed by atoms with Gasteiger partial charge in [-0.05, 0) is 37.4 Å². The third-order valence-corrected chi connectivity index (χ3v) is 4.20. The summed E-state index contributed by atoms with van der Waals surface area (Å²) < 4.78 is 2.02. The number of rotatable bonds is 2. The Balaban J connectivity index is 2.14. The second kappa shape index (κ2) is 5.13. The smallest absolute Gasteiger partial charge is 0.207 e. The SMILES string of the molecule is NCC1CCCCC1n1ncc(=O)c2ccccc21. The minimum absolute atomic E-state index is 0.00745. The van der Waals surface area contributed by atoms with E-state index in [4.69, 9.17) is 5.73 Å². The maximum Gasteiger partial charge on any atom is 0.207 e. The molecular weight excluding hydrogens is 238 g/mol. The molecule has 4 nitrogen and oxygen atoms in total. The highest BCUT2D eigenvalue weighted by Crippen LogP contribution is 2.33. The van der Waals surface area contributed by atoms with E-state index in [1.54, 1.807) is 0 Å². The lowest BCUT2D eigenvalue weighted by Gasteiger charge is -2.32. The van der Waals surface area contributed by atoms with Crippen LogP contribution in [-0.4, -0.2) is 16.3 Å². The summed E-state index contributed by atoms with van der Waals surface area (Å²) in [4.78, 5) is 11.9. The van der Waals surface area contributed by atoms with Crippen LogP contribution in [-0.2, 0) is 0 Å². The summed E-state index contributed by atoms with van der Waals surface area (Å²) in [6.07, 6.45) is 6.15. The van der Waals surface area contributed by atoms with Gasteiger partial charge in [0, 0.05) is 5.39 Å². The number of aromatic nitrogens is 2. The van der Waals surface area contributed by atoms with E-state index in [1.807, 2.05) is 28.9 Å². The molecule has 1 fully saturated rings. The van der Waals surface area contributed by atoms with Gasteiger partial charge in [0.2, 0.25) is 5.43 Å². The highest BCUT2D eigenvalue weighted by atomic mass is 16.1. The monoisotopic (exact) mass is 257 g/mol. The summed E-state index contributed by atoms with van der Waals surface area (Å²) in [5.74, 6) is 0.465. The quantitative estimate of drug-likeness (QED) is 0.896. The molecule has 1 saturated carbocycles. The third kappa shape index (κ3) is 2.16. The molecule has 100 valence electrons. The van der Waals surface area contributed by atoms with Gasteiger partial charge in [-0.15, -0.1) is 0 Å². The molecule has 0 aliphatic heterocycles. The Labute approximate surface area is 112 Å². The molecule has 2 aromatic rings. The number of hydrogen-bond donors (Lipinski definition) is 1. The fourth-order valence-electron chi connectivity index (χ4n) is 3.18. The lowest BCUT2D eigenvalue weighted by atomic mass is 9.84. The number of benzene rings is 1. The van der Waals surface area contributed by atoms with Gasteiger partial charge in [-0.2, -0.15) is 5.10 Å². The van der Waals surface area contributed by atoms with Crippen molar-refractivity contribution in [2.75, 3.05) is 6.54 Å². The van der Waals surface area contributed by atoms with Gasteiger partial charge in [0.05, 0.1) is 17.8 Å². The van der Waals surface area contributed by atoms with Crippen molar-refractivity contribution in [2.24, 2.45) is 11.7 Å². The Morgan fingerprint density at radius 3 is 2.89 bits per heavy atom. The van der Waals surface area contributed by atoms with Gasteiger partial charge in [-0.3, -0.25) is 9.48 Å². The van der Waals surface area contributed by atoms with Gasteiger partial charge in [0.15, 0.2) is 0 Å². The van der Waals surface area contributed by atoms with Crippen LogP contribution < -0.4 is 11.2 Å². The molecule has 2 atom stereocenters. The molecule has 19 heavy (non-hydrogen) atoms. The number of para-hydroxylation sites is 1. The Morgan fingerprint density at radius 1 is 1.26 bits per heavy atom. The number of fused-ring (bicyclic) bond motifs is 1. The molecule has 1 aromatic carbocycles. The van der Waals surface area contributed by atoms with Crippen molar-refractivity contribution in [3.63, 3.8) is 0 Å². The van der Waals surface area contributed by atoms with Crippen LogP contribution in [0.25, 0.3) is 10.9 Å². The first-order chi connectivity index (χ1) is 9.31. The summed E-state index contributed by atoms with van der Waals surface area (Å²) in [7, 11) is 0. The maximum absolute atomic E-state index is 11.9. The molecular formula is C15H19N3O. The van der Waals surface area contributed by atoms with Crippen LogP contribution in [0.3, 0.4) is 0 Å². The van der Waals surface area contributed by atoms with Crippen molar-refractivity contribution in [1.29, 1.82) is 0 Å². The van der Waals surface area contributed by atoms with E-state index in [9.17, 15) is 4.79 Å². The van der Waals surface area contributed by atoms with Crippen molar-refractivity contribution in [3.8, 4) is 0 Å². The molecule has 2 unspecified atom stereocenters. The molecule has 0 bridgehead atoms. The zero-order valence-electron chi connectivity index (χ0n) is 11.0. The average Bonchev–Trinajstić information content (AvgIpc) is 2.48. The second-order valence-corrected chi connectivity index (χ2v) is 5.32. The molecule has 0 saturated heterocycles. The number of nitrogens with zero attached hydrogens (tertiary/aromatic N) is 2. The van der Waals surface area contributed by atoms with E-state index in [1.165, 1.54) is 19.0 Å². The van der Waals surface area contributed by atoms with Gasteiger partial charge in [-0.25, -0.2) is 0 Å². The number of nitrogens with two attached hydrogens (primary N) is 1. The van der Waals surface area contributed by atoms with Gasteiger partial charge >= 0.3 is 0 Å². The fourth-order valence-corrected chi connectivity index (χ4v) is 3.18. The minimum Gasteiger partial charge on any atom is -0.330 e. The maximum atomic E-state index is 11.9. The van der Waals surface area contributed by atoms with E-state index in [-0.39, 0.29) is 5.43 Å². The molecule has 1 heterocycles. The van der Waals surface area contributed by atoms with Crippen LogP contribution in [0, 0.1) is 5.92 Å². The van der Waals surface area contributed by atoms with Gasteiger partial charge < -0.3 is 5.73 Å². The third-order valence-electron chi connectivity index (χ3n) is 4.20. The standard InChI is InChI=1S/C15H19N3O/c16-9-11-5-1-3-7-13(11)18-14-8-4-2-6-12(14)15(19)10-17-18/h2,4,6,8,10-11,13H,1,3,5,7,9,16H2. The van der Waals surface area contributed by atoms with Crippen LogP contribution in [0.1, 0.15) is 31.7 Å². The van der Waals surface area contributed by atoms with Crippen LogP contribution in [0.4, 0.5) is 0 Å². The van der Waals surface area contributed by atoms with Crippen molar-refractivity contribution in [1.82, 2.24) is 9.78 Å². The normalized spacial score (nSPS) is 23.6. The molecule has 2 N–H and O–H groups in total. The Morgan fingerprint density at radius 2 is 2.05 bits per heavy atom. The van der Waals surface area contributed by atoms with Crippen molar-refractivity contribution < 1.29 is 0 Å². The highest BCUT2D eigenvalue weighted by molar-refractivity contribution is 5.78. The van der Waals surface area contributed by atoms with Crippen molar-refractivity contribution in [3.05, 3.63) is 40.7 Å². The van der Waals surface area contributed by atoms with E-state index < -0.39 is 0 Å². The molecule has 3 rings (SSSR count). The Bertz CT molecular complexity index is 635. The first-order valence-corrected chi connectivity index (χ1v) is 6.98. The first-order valence-electron chi connectivity index (χ1n) is 6.98. The van der Waals surface area contributed by atoms with E-state index in [0.29, 0.717) is 18.5 Å². The van der Waals surface area contributed by atoms with Crippen LogP contribution in [0.5, 0.6) is 0 Å². The van der Waals surface area contributed by atoms with Crippen molar-refractivity contribution in [2.45, 2.75) is 31.7 Å². The van der Waals surface area contributed by atoms with Gasteiger partial charge in [0.25, 0.3) is 0 Å².